The number of nitriles is 1. The largest absolute Gasteiger partial charge is 0.326 e. The highest BCUT2D eigenvalue weighted by Crippen LogP contribution is 2.42. The van der Waals surface area contributed by atoms with Crippen molar-refractivity contribution in [1.29, 1.82) is 5.26 Å². The second-order valence-corrected chi connectivity index (χ2v) is 7.94. The van der Waals surface area contributed by atoms with Crippen LogP contribution in [-0.4, -0.2) is 27.6 Å². The van der Waals surface area contributed by atoms with Gasteiger partial charge in [-0.25, -0.2) is 0 Å². The number of hydrogen-bond acceptors (Lipinski definition) is 7. The van der Waals surface area contributed by atoms with E-state index in [2.05, 4.69) is 20.9 Å². The summed E-state index contributed by atoms with van der Waals surface area (Å²) in [4.78, 5) is 49.5. The lowest BCUT2D eigenvalue weighted by molar-refractivity contribution is -0.383. The van der Waals surface area contributed by atoms with Crippen molar-refractivity contribution in [2.75, 3.05) is 16.0 Å². The molecule has 1 unspecified atom stereocenters. The minimum absolute atomic E-state index is 0.0939. The number of hydrogen-bond donors (Lipinski definition) is 3. The zero-order valence-corrected chi connectivity index (χ0v) is 18.4. The van der Waals surface area contributed by atoms with Gasteiger partial charge in [0.25, 0.3) is 11.6 Å². The molecule has 2 aromatic carbocycles. The van der Waals surface area contributed by atoms with Crippen LogP contribution >= 0.6 is 0 Å². The third kappa shape index (κ3) is 4.40. The number of nitro benzene ring substituents is 1. The predicted octanol–water partition coefficient (Wildman–Crippen LogP) is 3.16. The Labute approximate surface area is 198 Å². The number of nitrogens with zero attached hydrogens (tertiary/aromatic N) is 3. The Bertz CT molecular complexity index is 1390. The van der Waals surface area contributed by atoms with Crippen molar-refractivity contribution in [1.82, 2.24) is 4.98 Å². The highest BCUT2D eigenvalue weighted by Gasteiger charge is 2.44. The van der Waals surface area contributed by atoms with Crippen molar-refractivity contribution in [3.63, 3.8) is 0 Å². The van der Waals surface area contributed by atoms with E-state index in [0.29, 0.717) is 6.42 Å². The second-order valence-electron chi connectivity index (χ2n) is 7.94. The topological polar surface area (TPSA) is 167 Å². The molecule has 0 spiro atoms. The minimum atomic E-state index is -1.49. The summed E-state index contributed by atoms with van der Waals surface area (Å²) in [6.07, 6.45) is 3.37. The van der Waals surface area contributed by atoms with Crippen LogP contribution in [-0.2, 0) is 21.4 Å². The number of fused-ring (bicyclic) bond motifs is 2. The van der Waals surface area contributed by atoms with Crippen LogP contribution in [0.1, 0.15) is 28.4 Å². The molecule has 1 atom stereocenters. The normalized spacial score (nSPS) is 17.0. The first-order chi connectivity index (χ1) is 16.7. The van der Waals surface area contributed by atoms with E-state index in [0.717, 1.165) is 17.3 Å². The van der Waals surface area contributed by atoms with Crippen molar-refractivity contribution in [2.24, 2.45) is 0 Å². The molecule has 0 saturated carbocycles. The van der Waals surface area contributed by atoms with Gasteiger partial charge in [0.05, 0.1) is 23.1 Å². The first kappa shape index (κ1) is 23.1. The molecule has 3 amide bonds. The van der Waals surface area contributed by atoms with E-state index in [9.17, 15) is 29.8 Å². The third-order valence-electron chi connectivity index (χ3n) is 5.63. The first-order valence-electron chi connectivity index (χ1n) is 10.4. The molecule has 5 rings (SSSR count). The number of carbonyl (C=O) groups is 3. The van der Waals surface area contributed by atoms with Crippen LogP contribution in [0.2, 0.25) is 0 Å². The van der Waals surface area contributed by atoms with Crippen molar-refractivity contribution < 1.29 is 19.3 Å². The van der Waals surface area contributed by atoms with Crippen molar-refractivity contribution in [2.45, 2.75) is 18.8 Å². The lowest BCUT2D eigenvalue weighted by Gasteiger charge is -2.13. The molecule has 3 aromatic rings. The van der Waals surface area contributed by atoms with Gasteiger partial charge >= 0.3 is 0 Å². The van der Waals surface area contributed by atoms with Gasteiger partial charge in [0.1, 0.15) is 5.69 Å². The zero-order valence-electron chi connectivity index (χ0n) is 18.4. The molecule has 3 N–H and O–H groups in total. The molecule has 35 heavy (non-hydrogen) atoms. The zero-order chi connectivity index (χ0) is 25.2. The van der Waals surface area contributed by atoms with Crippen LogP contribution in [0.15, 0.2) is 60.9 Å². The molecule has 2 aliphatic rings. The van der Waals surface area contributed by atoms with Crippen LogP contribution in [0, 0.1) is 21.4 Å². The fraction of sp³-hybridized carbons (Fsp3) is 0.125. The average molecular weight is 470 g/mol. The molecule has 0 radical (unpaired) electrons. The van der Waals surface area contributed by atoms with Gasteiger partial charge < -0.3 is 16.0 Å². The monoisotopic (exact) mass is 470 g/mol. The molecule has 0 fully saturated rings. The summed E-state index contributed by atoms with van der Waals surface area (Å²) < 4.78 is 0. The smallest absolute Gasteiger partial charge is 0.294 e. The summed E-state index contributed by atoms with van der Waals surface area (Å²) in [5.74, 6) is -1.04. The van der Waals surface area contributed by atoms with Gasteiger partial charge in [-0.15, -0.1) is 0 Å². The summed E-state index contributed by atoms with van der Waals surface area (Å²) in [5.41, 5.74) is 0.827. The lowest BCUT2D eigenvalue weighted by atomic mass is 9.85. The Morgan fingerprint density at radius 3 is 2.51 bits per heavy atom. The number of aromatic nitrogens is 1. The van der Waals surface area contributed by atoms with Crippen molar-refractivity contribution in [3.8, 4) is 6.07 Å². The predicted molar refractivity (Wildman–Crippen MR) is 126 cm³/mol. The molecule has 2 aliphatic heterocycles. The summed E-state index contributed by atoms with van der Waals surface area (Å²) in [7, 11) is 0. The SMILES string of the molecule is CC1(C#N)C(=O)Nc2cc([N+](=O)[O-])c(NC(=O)c3ccncc3)cc21.O=C1Cc2ccccc2N1. The number of amides is 3. The van der Waals surface area contributed by atoms with Gasteiger partial charge in [-0.2, -0.15) is 5.26 Å². The van der Waals surface area contributed by atoms with E-state index < -0.39 is 22.2 Å². The van der Waals surface area contributed by atoms with Crippen LogP contribution < -0.4 is 16.0 Å². The van der Waals surface area contributed by atoms with Gasteiger partial charge in [-0.1, -0.05) is 18.2 Å². The molecule has 1 aromatic heterocycles. The van der Waals surface area contributed by atoms with Gasteiger partial charge in [0, 0.05) is 35.3 Å². The fourth-order valence-electron chi connectivity index (χ4n) is 3.70. The summed E-state index contributed by atoms with van der Waals surface area (Å²) in [6, 6.07) is 15.0. The number of nitro groups is 1. The van der Waals surface area contributed by atoms with Gasteiger partial charge in [0.15, 0.2) is 5.41 Å². The van der Waals surface area contributed by atoms with Crippen LogP contribution in [0.5, 0.6) is 0 Å². The third-order valence-corrected chi connectivity index (χ3v) is 5.63. The first-order valence-corrected chi connectivity index (χ1v) is 10.4. The van der Waals surface area contributed by atoms with E-state index >= 15 is 0 Å². The van der Waals surface area contributed by atoms with E-state index in [4.69, 9.17) is 0 Å². The number of para-hydroxylation sites is 1. The van der Waals surface area contributed by atoms with E-state index in [-0.39, 0.29) is 34.1 Å². The van der Waals surface area contributed by atoms with Gasteiger partial charge in [-0.3, -0.25) is 29.5 Å². The Morgan fingerprint density at radius 1 is 1.14 bits per heavy atom. The highest BCUT2D eigenvalue weighted by molar-refractivity contribution is 6.10. The number of benzene rings is 2. The molecular formula is C24H18N6O5. The maximum atomic E-state index is 12.3. The Balaban J connectivity index is 0.000000239. The Morgan fingerprint density at radius 2 is 1.86 bits per heavy atom. The summed E-state index contributed by atoms with van der Waals surface area (Å²) in [6.45, 7) is 1.41. The van der Waals surface area contributed by atoms with Crippen LogP contribution in [0.3, 0.4) is 0 Å². The number of pyridine rings is 1. The Hall–Kier alpha value is -5.11. The number of carbonyl (C=O) groups excluding carboxylic acids is 3. The average Bonchev–Trinajstić information content (AvgIpc) is 3.35. The van der Waals surface area contributed by atoms with E-state index in [1.165, 1.54) is 37.5 Å². The molecule has 0 aliphatic carbocycles. The maximum absolute atomic E-state index is 12.3. The van der Waals surface area contributed by atoms with Gasteiger partial charge in [-0.05, 0) is 36.8 Å². The quantitative estimate of drug-likeness (QED) is 0.390. The second kappa shape index (κ2) is 9.03. The highest BCUT2D eigenvalue weighted by atomic mass is 16.6. The lowest BCUT2D eigenvalue weighted by Crippen LogP contribution is -2.29. The molecule has 174 valence electrons. The Kier molecular flexibility index (Phi) is 5.95. The molecular weight excluding hydrogens is 452 g/mol. The van der Waals surface area contributed by atoms with Crippen molar-refractivity contribution in [3.05, 3.63) is 87.7 Å². The fourth-order valence-corrected chi connectivity index (χ4v) is 3.70. The number of rotatable bonds is 3. The van der Waals surface area contributed by atoms with E-state index in [1.807, 2.05) is 30.3 Å². The van der Waals surface area contributed by atoms with Crippen LogP contribution in [0.25, 0.3) is 0 Å². The molecule has 0 saturated heterocycles. The maximum Gasteiger partial charge on any atom is 0.294 e. The number of anilines is 3. The van der Waals surface area contributed by atoms with Crippen LogP contribution in [0.4, 0.5) is 22.7 Å². The summed E-state index contributed by atoms with van der Waals surface area (Å²) in [5, 5.41) is 28.3. The minimum Gasteiger partial charge on any atom is -0.326 e. The number of nitrogens with one attached hydrogen (secondary N) is 3. The van der Waals surface area contributed by atoms with E-state index in [1.54, 1.807) is 0 Å². The molecule has 3 heterocycles. The van der Waals surface area contributed by atoms with Gasteiger partial charge in [0.2, 0.25) is 11.8 Å². The molecule has 11 heteroatoms. The summed E-state index contributed by atoms with van der Waals surface area (Å²) >= 11 is 0. The molecule has 0 bridgehead atoms. The standard InChI is InChI=1S/C16H11N5O4.C8H7NO/c1-16(8-17)10-6-12(19-14(22)9-2-4-18-5-3-9)13(21(24)25)7-11(10)20-15(16)23;10-8-5-6-3-1-2-4-7(6)9-8/h2-7H,1H3,(H,19,22)(H,20,23);1-4H,5H2,(H,9,10). The van der Waals surface area contributed by atoms with Crippen molar-refractivity contribution >= 4 is 40.5 Å². The molecule has 11 nitrogen and oxygen atoms in total.